The largest absolute Gasteiger partial charge is 0.339 e. The summed E-state index contributed by atoms with van der Waals surface area (Å²) in [6.45, 7) is 7.82. The SMILES string of the molecule is C=CCn1c(=O)c2c(nc3n2C[C@H](C)CN3C2CCCCC2)n(C)c1=O. The van der Waals surface area contributed by atoms with Crippen LogP contribution < -0.4 is 16.1 Å². The standard InChI is InChI=1S/C19H27N5O2/c1-4-10-22-17(25)15-16(21(3)19(22)26)20-18-23(11-13(2)12-24(15)18)14-8-6-5-7-9-14/h4,13-14H,1,5-12H2,2-3H3/t13-/m1/s1. The Balaban J connectivity index is 1.95. The van der Waals surface area contributed by atoms with E-state index in [2.05, 4.69) is 18.4 Å². The van der Waals surface area contributed by atoms with Gasteiger partial charge in [0.1, 0.15) is 0 Å². The number of allylic oxidation sites excluding steroid dienone is 1. The molecule has 4 rings (SSSR count). The number of aryl methyl sites for hydroxylation is 1. The molecule has 7 heteroatoms. The smallest absolute Gasteiger partial charge is 0.332 e. The van der Waals surface area contributed by atoms with Gasteiger partial charge in [-0.2, -0.15) is 4.98 Å². The number of rotatable bonds is 3. The van der Waals surface area contributed by atoms with Gasteiger partial charge in [-0.1, -0.05) is 32.3 Å². The van der Waals surface area contributed by atoms with Gasteiger partial charge in [0.25, 0.3) is 5.56 Å². The van der Waals surface area contributed by atoms with Crippen molar-refractivity contribution in [3.05, 3.63) is 33.5 Å². The zero-order chi connectivity index (χ0) is 18.4. The summed E-state index contributed by atoms with van der Waals surface area (Å²) >= 11 is 0. The third-order valence-electron chi connectivity index (χ3n) is 5.80. The summed E-state index contributed by atoms with van der Waals surface area (Å²) < 4.78 is 4.78. The number of imidazole rings is 1. The average molecular weight is 357 g/mol. The monoisotopic (exact) mass is 357 g/mol. The maximum absolute atomic E-state index is 13.0. The molecule has 0 amide bonds. The lowest BCUT2D eigenvalue weighted by atomic mass is 9.93. The molecule has 0 N–H and O–H groups in total. The molecule has 3 heterocycles. The lowest BCUT2D eigenvalue weighted by Crippen LogP contribution is -2.45. The molecule has 0 aromatic carbocycles. The van der Waals surface area contributed by atoms with Crippen LogP contribution in [0.25, 0.3) is 11.2 Å². The lowest BCUT2D eigenvalue weighted by molar-refractivity contribution is 0.354. The second kappa shape index (κ2) is 6.45. The van der Waals surface area contributed by atoms with Crippen molar-refractivity contribution in [2.75, 3.05) is 11.4 Å². The Morgan fingerprint density at radius 3 is 2.62 bits per heavy atom. The minimum Gasteiger partial charge on any atom is -0.339 e. The van der Waals surface area contributed by atoms with E-state index in [0.717, 1.165) is 19.0 Å². The molecule has 7 nitrogen and oxygen atoms in total. The van der Waals surface area contributed by atoms with Gasteiger partial charge < -0.3 is 9.47 Å². The molecule has 1 aliphatic heterocycles. The first-order valence-electron chi connectivity index (χ1n) is 9.60. The number of aromatic nitrogens is 4. The number of anilines is 1. The molecule has 2 aromatic heterocycles. The lowest BCUT2D eigenvalue weighted by Gasteiger charge is -2.40. The van der Waals surface area contributed by atoms with Crippen molar-refractivity contribution in [1.82, 2.24) is 18.7 Å². The zero-order valence-electron chi connectivity index (χ0n) is 15.6. The first kappa shape index (κ1) is 17.1. The minimum absolute atomic E-state index is 0.212. The van der Waals surface area contributed by atoms with Crippen LogP contribution in [0, 0.1) is 5.92 Å². The third kappa shape index (κ3) is 2.52. The topological polar surface area (TPSA) is 65.1 Å². The highest BCUT2D eigenvalue weighted by molar-refractivity contribution is 5.75. The first-order chi connectivity index (χ1) is 12.5. The Hall–Kier alpha value is -2.31. The Labute approximate surface area is 152 Å². The molecule has 1 saturated carbocycles. The van der Waals surface area contributed by atoms with Crippen molar-refractivity contribution in [3.8, 4) is 0 Å². The summed E-state index contributed by atoms with van der Waals surface area (Å²) in [7, 11) is 1.69. The van der Waals surface area contributed by atoms with Gasteiger partial charge in [0.15, 0.2) is 11.2 Å². The molecule has 0 unspecified atom stereocenters. The van der Waals surface area contributed by atoms with Crippen LogP contribution in [0.4, 0.5) is 5.95 Å². The van der Waals surface area contributed by atoms with E-state index >= 15 is 0 Å². The maximum atomic E-state index is 13.0. The van der Waals surface area contributed by atoms with Crippen LogP contribution in [0.5, 0.6) is 0 Å². The van der Waals surface area contributed by atoms with E-state index in [1.54, 1.807) is 13.1 Å². The second-order valence-corrected chi connectivity index (χ2v) is 7.79. The van der Waals surface area contributed by atoms with Crippen LogP contribution in [0.2, 0.25) is 0 Å². The molecule has 0 bridgehead atoms. The highest BCUT2D eigenvalue weighted by atomic mass is 16.2. The average Bonchev–Trinajstić information content (AvgIpc) is 3.03. The summed E-state index contributed by atoms with van der Waals surface area (Å²) in [6, 6.07) is 0.481. The summed E-state index contributed by atoms with van der Waals surface area (Å²) in [6.07, 6.45) is 7.74. The highest BCUT2D eigenvalue weighted by Crippen LogP contribution is 2.32. The van der Waals surface area contributed by atoms with Crippen LogP contribution in [-0.2, 0) is 20.1 Å². The van der Waals surface area contributed by atoms with Crippen molar-refractivity contribution in [1.29, 1.82) is 0 Å². The van der Waals surface area contributed by atoms with E-state index in [1.807, 2.05) is 4.57 Å². The number of fused-ring (bicyclic) bond motifs is 3. The number of nitrogens with zero attached hydrogens (tertiary/aromatic N) is 5. The molecule has 0 saturated heterocycles. The van der Waals surface area contributed by atoms with Crippen molar-refractivity contribution >= 4 is 17.1 Å². The normalized spacial score (nSPS) is 21.2. The van der Waals surface area contributed by atoms with E-state index in [4.69, 9.17) is 4.98 Å². The fraction of sp³-hybridized carbons (Fsp3) is 0.632. The van der Waals surface area contributed by atoms with Gasteiger partial charge >= 0.3 is 5.69 Å². The minimum atomic E-state index is -0.338. The molecular weight excluding hydrogens is 330 g/mol. The first-order valence-corrected chi connectivity index (χ1v) is 9.60. The van der Waals surface area contributed by atoms with Crippen molar-refractivity contribution < 1.29 is 0 Å². The van der Waals surface area contributed by atoms with Gasteiger partial charge in [0, 0.05) is 32.7 Å². The highest BCUT2D eigenvalue weighted by Gasteiger charge is 2.33. The Morgan fingerprint density at radius 2 is 1.92 bits per heavy atom. The van der Waals surface area contributed by atoms with Crippen molar-refractivity contribution in [3.63, 3.8) is 0 Å². The summed E-state index contributed by atoms with van der Waals surface area (Å²) in [5, 5.41) is 0. The van der Waals surface area contributed by atoms with Gasteiger partial charge in [-0.3, -0.25) is 13.9 Å². The van der Waals surface area contributed by atoms with Crippen LogP contribution in [0.1, 0.15) is 39.0 Å². The van der Waals surface area contributed by atoms with Crippen LogP contribution in [0.15, 0.2) is 22.2 Å². The molecule has 1 fully saturated rings. The van der Waals surface area contributed by atoms with Gasteiger partial charge in [0.05, 0.1) is 0 Å². The van der Waals surface area contributed by atoms with E-state index in [0.29, 0.717) is 23.1 Å². The quantitative estimate of drug-likeness (QED) is 0.787. The molecule has 26 heavy (non-hydrogen) atoms. The maximum Gasteiger partial charge on any atom is 0.332 e. The fourth-order valence-electron chi connectivity index (χ4n) is 4.53. The number of hydrogen-bond acceptors (Lipinski definition) is 4. The van der Waals surface area contributed by atoms with E-state index in [9.17, 15) is 9.59 Å². The van der Waals surface area contributed by atoms with Gasteiger partial charge in [-0.15, -0.1) is 6.58 Å². The Morgan fingerprint density at radius 1 is 1.19 bits per heavy atom. The summed E-state index contributed by atoms with van der Waals surface area (Å²) in [4.78, 5) is 32.8. The van der Waals surface area contributed by atoms with Gasteiger partial charge in [-0.25, -0.2) is 4.79 Å². The third-order valence-corrected chi connectivity index (χ3v) is 5.80. The van der Waals surface area contributed by atoms with Crippen molar-refractivity contribution in [2.45, 2.75) is 58.2 Å². The summed E-state index contributed by atoms with van der Waals surface area (Å²) in [5.74, 6) is 1.29. The molecule has 1 atom stereocenters. The molecule has 1 aliphatic carbocycles. The van der Waals surface area contributed by atoms with Gasteiger partial charge in [-0.05, 0) is 18.8 Å². The van der Waals surface area contributed by atoms with Crippen LogP contribution >= 0.6 is 0 Å². The Kier molecular flexibility index (Phi) is 4.25. The second-order valence-electron chi connectivity index (χ2n) is 7.79. The van der Waals surface area contributed by atoms with Gasteiger partial charge in [0.2, 0.25) is 5.95 Å². The molecule has 0 radical (unpaired) electrons. The van der Waals surface area contributed by atoms with Crippen LogP contribution in [0.3, 0.4) is 0 Å². The van der Waals surface area contributed by atoms with Crippen LogP contribution in [-0.4, -0.2) is 31.3 Å². The molecular formula is C19H27N5O2. The van der Waals surface area contributed by atoms with Crippen molar-refractivity contribution in [2.24, 2.45) is 13.0 Å². The predicted octanol–water partition coefficient (Wildman–Crippen LogP) is 1.87. The Bertz CT molecular complexity index is 961. The zero-order valence-corrected chi connectivity index (χ0v) is 15.6. The fourth-order valence-corrected chi connectivity index (χ4v) is 4.53. The molecule has 140 valence electrons. The van der Waals surface area contributed by atoms with E-state index in [1.165, 1.54) is 41.2 Å². The molecule has 2 aromatic rings. The number of hydrogen-bond donors (Lipinski definition) is 0. The summed E-state index contributed by atoms with van der Waals surface area (Å²) in [5.41, 5.74) is 0.427. The molecule has 0 spiro atoms. The van der Waals surface area contributed by atoms with E-state index < -0.39 is 0 Å². The predicted molar refractivity (Wildman–Crippen MR) is 103 cm³/mol. The molecule has 2 aliphatic rings. The van der Waals surface area contributed by atoms with E-state index in [-0.39, 0.29) is 17.8 Å².